The van der Waals surface area contributed by atoms with Gasteiger partial charge in [-0.05, 0) is 68.4 Å². The SMILES string of the molecule is Cc1nnsc1C(=O)Nc1ccc(C(=O)OC2CCCC2)cc1. The number of aromatic nitrogens is 2. The Morgan fingerprint density at radius 3 is 2.52 bits per heavy atom. The van der Waals surface area contributed by atoms with Crippen LogP contribution in [-0.2, 0) is 4.74 Å². The number of nitrogens with one attached hydrogen (secondary N) is 1. The van der Waals surface area contributed by atoms with E-state index in [4.69, 9.17) is 4.74 Å². The Morgan fingerprint density at radius 2 is 1.91 bits per heavy atom. The third-order valence-corrected chi connectivity index (χ3v) is 4.64. The van der Waals surface area contributed by atoms with Crippen molar-refractivity contribution in [1.29, 1.82) is 0 Å². The lowest BCUT2D eigenvalue weighted by Gasteiger charge is -2.11. The average Bonchev–Trinajstić information content (AvgIpc) is 3.19. The molecule has 0 saturated heterocycles. The quantitative estimate of drug-likeness (QED) is 0.870. The Labute approximate surface area is 138 Å². The van der Waals surface area contributed by atoms with Gasteiger partial charge in [0.2, 0.25) is 0 Å². The lowest BCUT2D eigenvalue weighted by molar-refractivity contribution is 0.0318. The minimum atomic E-state index is -0.308. The molecule has 0 radical (unpaired) electrons. The van der Waals surface area contributed by atoms with Gasteiger partial charge in [0.15, 0.2) is 0 Å². The van der Waals surface area contributed by atoms with Crippen LogP contribution in [0.3, 0.4) is 0 Å². The summed E-state index contributed by atoms with van der Waals surface area (Å²) in [5.74, 6) is -0.559. The van der Waals surface area contributed by atoms with E-state index >= 15 is 0 Å². The molecule has 120 valence electrons. The highest BCUT2D eigenvalue weighted by atomic mass is 32.1. The molecule has 0 aliphatic heterocycles. The van der Waals surface area contributed by atoms with E-state index in [0.29, 0.717) is 21.8 Å². The van der Waals surface area contributed by atoms with Gasteiger partial charge in [0.05, 0.1) is 11.3 Å². The maximum Gasteiger partial charge on any atom is 0.338 e. The molecular formula is C16H17N3O3S. The summed E-state index contributed by atoms with van der Waals surface area (Å²) in [5.41, 5.74) is 1.70. The Balaban J connectivity index is 1.61. The number of amides is 1. The molecule has 1 fully saturated rings. The first kappa shape index (κ1) is 15.6. The normalized spacial score (nSPS) is 14.7. The van der Waals surface area contributed by atoms with E-state index in [1.165, 1.54) is 0 Å². The highest BCUT2D eigenvalue weighted by Crippen LogP contribution is 2.22. The summed E-state index contributed by atoms with van der Waals surface area (Å²) in [7, 11) is 0. The monoisotopic (exact) mass is 331 g/mol. The van der Waals surface area contributed by atoms with E-state index in [1.54, 1.807) is 31.2 Å². The van der Waals surface area contributed by atoms with Crippen LogP contribution in [0.25, 0.3) is 0 Å². The number of esters is 1. The molecule has 1 aliphatic rings. The molecule has 1 aliphatic carbocycles. The van der Waals surface area contributed by atoms with Crippen molar-refractivity contribution in [3.05, 3.63) is 40.4 Å². The zero-order valence-corrected chi connectivity index (χ0v) is 13.6. The number of hydrogen-bond acceptors (Lipinski definition) is 6. The first-order valence-corrected chi connectivity index (χ1v) is 8.32. The largest absolute Gasteiger partial charge is 0.459 e. The smallest absolute Gasteiger partial charge is 0.338 e. The van der Waals surface area contributed by atoms with Crippen molar-refractivity contribution < 1.29 is 14.3 Å². The third-order valence-electron chi connectivity index (χ3n) is 3.81. The Kier molecular flexibility index (Phi) is 4.66. The fraction of sp³-hybridized carbons (Fsp3) is 0.375. The molecule has 1 amide bonds. The van der Waals surface area contributed by atoms with Crippen LogP contribution in [-0.4, -0.2) is 27.6 Å². The highest BCUT2D eigenvalue weighted by molar-refractivity contribution is 7.08. The van der Waals surface area contributed by atoms with E-state index < -0.39 is 0 Å². The molecule has 0 unspecified atom stereocenters. The third kappa shape index (κ3) is 3.73. The maximum atomic E-state index is 12.1. The van der Waals surface area contributed by atoms with Crippen molar-refractivity contribution in [2.24, 2.45) is 0 Å². The molecule has 2 aromatic rings. The van der Waals surface area contributed by atoms with Crippen LogP contribution in [0, 0.1) is 6.92 Å². The molecule has 3 rings (SSSR count). The van der Waals surface area contributed by atoms with Crippen LogP contribution in [0.1, 0.15) is 51.4 Å². The van der Waals surface area contributed by atoms with Gasteiger partial charge in [0.1, 0.15) is 11.0 Å². The first-order chi connectivity index (χ1) is 11.1. The second-order valence-electron chi connectivity index (χ2n) is 5.53. The van der Waals surface area contributed by atoms with Crippen LogP contribution in [0.5, 0.6) is 0 Å². The zero-order chi connectivity index (χ0) is 16.2. The number of hydrogen-bond donors (Lipinski definition) is 1. The Bertz CT molecular complexity index is 706. The van der Waals surface area contributed by atoms with Crippen LogP contribution in [0.4, 0.5) is 5.69 Å². The Morgan fingerprint density at radius 1 is 1.22 bits per heavy atom. The molecule has 7 heteroatoms. The molecule has 6 nitrogen and oxygen atoms in total. The van der Waals surface area contributed by atoms with Gasteiger partial charge in [-0.3, -0.25) is 4.79 Å². The molecule has 1 aromatic carbocycles. The van der Waals surface area contributed by atoms with Gasteiger partial charge in [-0.15, -0.1) is 5.10 Å². The van der Waals surface area contributed by atoms with Crippen molar-refractivity contribution in [2.45, 2.75) is 38.7 Å². The van der Waals surface area contributed by atoms with E-state index in [2.05, 4.69) is 14.9 Å². The predicted molar refractivity (Wildman–Crippen MR) is 86.7 cm³/mol. The lowest BCUT2D eigenvalue weighted by Crippen LogP contribution is -2.15. The summed E-state index contributed by atoms with van der Waals surface area (Å²) >= 11 is 1.06. The molecule has 0 atom stereocenters. The van der Waals surface area contributed by atoms with E-state index in [0.717, 1.165) is 37.2 Å². The van der Waals surface area contributed by atoms with E-state index in [1.807, 2.05) is 0 Å². The van der Waals surface area contributed by atoms with Crippen LogP contribution >= 0.6 is 11.5 Å². The number of carbonyl (C=O) groups excluding carboxylic acids is 2. The molecule has 1 heterocycles. The number of nitrogens with zero attached hydrogens (tertiary/aromatic N) is 2. The molecule has 0 bridgehead atoms. The van der Waals surface area contributed by atoms with Crippen molar-refractivity contribution in [3.63, 3.8) is 0 Å². The fourth-order valence-electron chi connectivity index (χ4n) is 2.54. The minimum absolute atomic E-state index is 0.0451. The predicted octanol–water partition coefficient (Wildman–Crippen LogP) is 3.20. The van der Waals surface area contributed by atoms with Crippen LogP contribution in [0.15, 0.2) is 24.3 Å². The topological polar surface area (TPSA) is 81.2 Å². The van der Waals surface area contributed by atoms with Gasteiger partial charge in [0, 0.05) is 5.69 Å². The van der Waals surface area contributed by atoms with Gasteiger partial charge >= 0.3 is 5.97 Å². The zero-order valence-electron chi connectivity index (χ0n) is 12.7. The van der Waals surface area contributed by atoms with Gasteiger partial charge < -0.3 is 10.1 Å². The summed E-state index contributed by atoms with van der Waals surface area (Å²) in [4.78, 5) is 24.6. The molecular weight excluding hydrogens is 314 g/mol. The summed E-state index contributed by atoms with van der Waals surface area (Å²) < 4.78 is 9.19. The second-order valence-corrected chi connectivity index (χ2v) is 6.28. The van der Waals surface area contributed by atoms with E-state index in [-0.39, 0.29) is 18.0 Å². The minimum Gasteiger partial charge on any atom is -0.459 e. The van der Waals surface area contributed by atoms with Crippen molar-refractivity contribution in [2.75, 3.05) is 5.32 Å². The standard InChI is InChI=1S/C16H17N3O3S/c1-10-14(23-19-18-10)15(20)17-12-8-6-11(7-9-12)16(21)22-13-4-2-3-5-13/h6-9,13H,2-5H2,1H3,(H,17,20). The number of aryl methyl sites for hydroxylation is 1. The van der Waals surface area contributed by atoms with Gasteiger partial charge in [-0.2, -0.15) is 0 Å². The molecule has 0 spiro atoms. The molecule has 23 heavy (non-hydrogen) atoms. The van der Waals surface area contributed by atoms with Gasteiger partial charge in [-0.1, -0.05) is 4.49 Å². The Hall–Kier alpha value is -2.28. The van der Waals surface area contributed by atoms with Crippen LogP contribution in [0.2, 0.25) is 0 Å². The highest BCUT2D eigenvalue weighted by Gasteiger charge is 2.20. The summed E-state index contributed by atoms with van der Waals surface area (Å²) in [6.07, 6.45) is 4.18. The van der Waals surface area contributed by atoms with Crippen molar-refractivity contribution in [1.82, 2.24) is 9.59 Å². The second kappa shape index (κ2) is 6.87. The molecule has 1 saturated carbocycles. The number of carbonyl (C=O) groups is 2. The van der Waals surface area contributed by atoms with Gasteiger partial charge in [-0.25, -0.2) is 4.79 Å². The summed E-state index contributed by atoms with van der Waals surface area (Å²) in [6, 6.07) is 6.69. The molecule has 1 N–H and O–H groups in total. The van der Waals surface area contributed by atoms with Crippen molar-refractivity contribution in [3.8, 4) is 0 Å². The summed E-state index contributed by atoms with van der Waals surface area (Å²) in [6.45, 7) is 1.74. The maximum absolute atomic E-state index is 12.1. The fourth-order valence-corrected chi connectivity index (χ4v) is 3.09. The van der Waals surface area contributed by atoms with Crippen LogP contribution < -0.4 is 5.32 Å². The first-order valence-electron chi connectivity index (χ1n) is 7.55. The molecule has 1 aromatic heterocycles. The van der Waals surface area contributed by atoms with E-state index in [9.17, 15) is 9.59 Å². The number of anilines is 1. The average molecular weight is 331 g/mol. The number of benzene rings is 1. The van der Waals surface area contributed by atoms with Gasteiger partial charge in [0.25, 0.3) is 5.91 Å². The number of rotatable bonds is 4. The summed E-state index contributed by atoms with van der Waals surface area (Å²) in [5, 5.41) is 6.58. The number of ether oxygens (including phenoxy) is 1. The van der Waals surface area contributed by atoms with Crippen molar-refractivity contribution >= 4 is 29.1 Å². The lowest BCUT2D eigenvalue weighted by atomic mass is 10.2.